The van der Waals surface area contributed by atoms with Crippen LogP contribution in [-0.2, 0) is 35.1 Å². The molecule has 4 saturated carbocycles. The van der Waals surface area contributed by atoms with Crippen molar-refractivity contribution in [1.82, 2.24) is 41.3 Å². The number of ether oxygens (including phenoxy) is 2. The number of nitriles is 2. The Morgan fingerprint density at radius 3 is 1.23 bits per heavy atom. The number of piperidine rings is 4. The van der Waals surface area contributed by atoms with E-state index in [0.29, 0.717) is 80.1 Å². The van der Waals surface area contributed by atoms with Gasteiger partial charge in [0.15, 0.2) is 0 Å². The van der Waals surface area contributed by atoms with Gasteiger partial charge in [-0.2, -0.15) is 10.5 Å². The van der Waals surface area contributed by atoms with Crippen LogP contribution in [0.3, 0.4) is 0 Å². The zero-order valence-corrected chi connectivity index (χ0v) is 71.7. The number of fused-ring (bicyclic) bond motifs is 4. The molecule has 0 bridgehead atoms. The van der Waals surface area contributed by atoms with E-state index in [9.17, 15) is 48.4 Å². The SMILES string of the molecule is CC1(C)C(NC(=O)c2ccc(N3CCC(C=O)CC3)cc2)C(C)(C)C1Oc1ccc(C#N)c(Cl)c1.CC1(C)C(NC(=O)c2ccc(N3CCC(CN4CCN(c5ccc6c(c5)C5(CC5)N(C5CCC(=O)NC5=O)C6=O)CC4)CC3)cc2)C(C)(C)C1Oc1ccc(C#N)c(Cl)c1.O=C1CCC(N2C(=O)c3ccc(N4CCNCC4)cc3C23CC3)C(=O)N1. The number of piperazine rings is 2. The lowest BCUT2D eigenvalue weighted by Crippen LogP contribution is -2.74. The second-order valence-corrected chi connectivity index (χ2v) is 38.2. The van der Waals surface area contributed by atoms with Gasteiger partial charge in [0.2, 0.25) is 23.6 Å². The quantitative estimate of drug-likeness (QED) is 0.0419. The van der Waals surface area contributed by atoms with Gasteiger partial charge in [-0.3, -0.25) is 53.9 Å². The first kappa shape index (κ1) is 84.1. The summed E-state index contributed by atoms with van der Waals surface area (Å²) in [5.74, 6) is 0.434. The minimum atomic E-state index is -0.595. The van der Waals surface area contributed by atoms with Gasteiger partial charge in [-0.25, -0.2) is 0 Å². The average Bonchev–Trinajstić information content (AvgIpc) is 1.53. The van der Waals surface area contributed by atoms with Crippen LogP contribution in [0.2, 0.25) is 10.0 Å². The van der Waals surface area contributed by atoms with Crippen LogP contribution in [0.15, 0.2) is 121 Å². The molecule has 5 N–H and O–H groups in total. The predicted molar refractivity (Wildman–Crippen MR) is 461 cm³/mol. The van der Waals surface area contributed by atoms with Gasteiger partial charge in [0.25, 0.3) is 23.6 Å². The molecule has 2 unspecified atom stereocenters. The molecular weight excluding hydrogens is 1570 g/mol. The molecule has 4 aliphatic carbocycles. The molecule has 8 heterocycles. The molecule has 2 spiro atoms. The van der Waals surface area contributed by atoms with E-state index < -0.39 is 17.6 Å². The molecule has 12 aliphatic rings. The van der Waals surface area contributed by atoms with E-state index in [1.807, 2.05) is 54.6 Å². The van der Waals surface area contributed by atoms with Crippen LogP contribution in [0.25, 0.3) is 0 Å². The van der Waals surface area contributed by atoms with Crippen LogP contribution in [0, 0.1) is 56.2 Å². The molecule has 0 aromatic heterocycles. The fraction of sp³-hybridized carbons (Fsp3) is 0.500. The van der Waals surface area contributed by atoms with Crippen molar-refractivity contribution in [3.05, 3.63) is 176 Å². The maximum Gasteiger partial charge on any atom is 0.255 e. The number of amides is 8. The predicted octanol–water partition coefficient (Wildman–Crippen LogP) is 11.7. The molecule has 18 rings (SSSR count). The number of rotatable bonds is 17. The number of hydrogen-bond acceptors (Lipinski definition) is 19. The number of anilines is 4. The Bertz CT molecular complexity index is 5140. The number of benzene rings is 6. The third-order valence-electron chi connectivity index (χ3n) is 28.3. The lowest BCUT2D eigenvalue weighted by Gasteiger charge is -2.63. The van der Waals surface area contributed by atoms with E-state index in [1.54, 1.807) is 46.2 Å². The molecule has 6 saturated heterocycles. The van der Waals surface area contributed by atoms with Crippen LogP contribution in [-0.4, -0.2) is 190 Å². The Morgan fingerprint density at radius 1 is 0.479 bits per heavy atom. The topological polar surface area (TPSA) is 302 Å². The maximum atomic E-state index is 13.6. The molecule has 8 amide bonds. The van der Waals surface area contributed by atoms with Crippen LogP contribution >= 0.6 is 23.2 Å². The van der Waals surface area contributed by atoms with Crippen molar-refractivity contribution in [3.8, 4) is 23.6 Å². The number of nitrogens with zero attached hydrogens (tertiary/aromatic N) is 9. The van der Waals surface area contributed by atoms with Gasteiger partial charge >= 0.3 is 0 Å². The third kappa shape index (κ3) is 15.9. The minimum Gasteiger partial charge on any atom is -0.489 e. The van der Waals surface area contributed by atoms with Crippen molar-refractivity contribution in [2.75, 3.05) is 105 Å². The van der Waals surface area contributed by atoms with E-state index in [4.69, 9.17) is 37.9 Å². The standard InChI is InChI=1S/C47H54ClN7O5.C28H32ClN3O3.C19H22N4O3/c1-45(2)43(46(3,4)44(45)60-34-11-7-31(27-49)37(48)26-34)51-40(57)30-5-8-32(9-6-30)53-19-15-29(16-20-53)28-52-21-23-54(24-22-52)33-10-12-35-36(25-33)47(17-18-47)55(42(35)59)38-13-14-39(56)50-41(38)58;1-27(2)25(28(3,4)26(27)35-22-10-7-20(16-30)23(29)15-22)31-24(34)19-5-8-21(9-6-19)32-13-11-18(17-33)12-14-32;24-16-4-3-15(17(25)21-16)23-18(26)13-2-1-12(22-9-7-20-8-10-22)11-14(13)19(23)5-6-19/h5-12,25-26,29,38,43-44H,13-24,28H2,1-4H3,(H,51,57)(H,50,56,58);5-10,15,17-18,25-26H,11-14H2,1-4H3,(H,31,34);1-2,11,15,20H,3-10H2,(H,21,24,25). The monoisotopic (exact) mass is 1680 g/mol. The lowest BCUT2D eigenvalue weighted by atomic mass is 9.49. The highest BCUT2D eigenvalue weighted by Gasteiger charge is 2.67. The van der Waals surface area contributed by atoms with Crippen LogP contribution in [0.4, 0.5) is 22.7 Å². The first-order valence-corrected chi connectivity index (χ1v) is 43.7. The molecular formula is C94H108Cl2N14O11. The number of aldehydes is 1. The molecule has 6 aromatic rings. The summed E-state index contributed by atoms with van der Waals surface area (Å²) in [5.41, 5.74) is 7.99. The largest absolute Gasteiger partial charge is 0.489 e. The summed E-state index contributed by atoms with van der Waals surface area (Å²) in [4.78, 5) is 128. The van der Waals surface area contributed by atoms with Crippen molar-refractivity contribution < 1.29 is 52.6 Å². The summed E-state index contributed by atoms with van der Waals surface area (Å²) in [6.07, 6.45) is 9.52. The Labute approximate surface area is 717 Å². The first-order chi connectivity index (χ1) is 57.9. The van der Waals surface area contributed by atoms with Gasteiger partial charge in [-0.1, -0.05) is 78.6 Å². The molecule has 634 valence electrons. The molecule has 121 heavy (non-hydrogen) atoms. The van der Waals surface area contributed by atoms with Crippen LogP contribution in [0.5, 0.6) is 11.5 Å². The van der Waals surface area contributed by atoms with E-state index >= 15 is 0 Å². The first-order valence-electron chi connectivity index (χ1n) is 42.9. The lowest BCUT2D eigenvalue weighted by molar-refractivity contribution is -0.164. The van der Waals surface area contributed by atoms with E-state index in [2.05, 4.69) is 149 Å². The van der Waals surface area contributed by atoms with E-state index in [1.165, 1.54) is 0 Å². The smallest absolute Gasteiger partial charge is 0.255 e. The zero-order chi connectivity index (χ0) is 85.4. The normalized spacial score (nSPS) is 25.2. The Hall–Kier alpha value is -10.6. The Morgan fingerprint density at radius 2 is 0.860 bits per heavy atom. The fourth-order valence-corrected chi connectivity index (χ4v) is 22.3. The van der Waals surface area contributed by atoms with Gasteiger partial charge in [-0.05, 0) is 190 Å². The van der Waals surface area contributed by atoms with Gasteiger partial charge in [0.05, 0.1) is 32.3 Å². The summed E-state index contributed by atoms with van der Waals surface area (Å²) >= 11 is 12.4. The third-order valence-corrected chi connectivity index (χ3v) is 28.9. The van der Waals surface area contributed by atoms with Crippen molar-refractivity contribution in [2.24, 2.45) is 33.5 Å². The second kappa shape index (κ2) is 33.0. The second-order valence-electron chi connectivity index (χ2n) is 37.4. The maximum absolute atomic E-state index is 13.6. The summed E-state index contributed by atoms with van der Waals surface area (Å²) in [7, 11) is 0. The highest BCUT2D eigenvalue weighted by atomic mass is 35.5. The van der Waals surface area contributed by atoms with Crippen molar-refractivity contribution in [3.63, 3.8) is 0 Å². The Kier molecular flexibility index (Phi) is 22.9. The summed E-state index contributed by atoms with van der Waals surface area (Å²) in [5, 5.41) is 33.8. The van der Waals surface area contributed by atoms with Crippen LogP contribution in [0.1, 0.15) is 196 Å². The summed E-state index contributed by atoms with van der Waals surface area (Å²) < 4.78 is 12.7. The molecule has 25 nitrogen and oxygen atoms in total. The number of hydrogen-bond donors (Lipinski definition) is 5. The summed E-state index contributed by atoms with van der Waals surface area (Å²) in [6, 6.07) is 40.9. The molecule has 0 radical (unpaired) electrons. The minimum absolute atomic E-state index is 0.0705. The number of nitrogens with one attached hydrogen (secondary N) is 5. The Balaban J connectivity index is 0.000000150. The van der Waals surface area contributed by atoms with E-state index in [0.717, 1.165) is 177 Å². The van der Waals surface area contributed by atoms with Gasteiger partial charge in [0, 0.05) is 195 Å². The number of halogens is 2. The molecule has 10 fully saturated rings. The van der Waals surface area contributed by atoms with E-state index in [-0.39, 0.29) is 111 Å². The molecule has 2 atom stereocenters. The number of imide groups is 2. The fourth-order valence-electron chi connectivity index (χ4n) is 21.9. The molecule has 8 aliphatic heterocycles. The molecule has 6 aromatic carbocycles. The van der Waals surface area contributed by atoms with Crippen molar-refractivity contribution in [1.29, 1.82) is 10.5 Å². The average molecular weight is 1680 g/mol. The highest BCUT2D eigenvalue weighted by Crippen LogP contribution is 2.61. The zero-order valence-electron chi connectivity index (χ0n) is 70.2. The van der Waals surface area contributed by atoms with Gasteiger partial charge < -0.3 is 59.6 Å². The highest BCUT2D eigenvalue weighted by molar-refractivity contribution is 6.32. The molecule has 27 heteroatoms. The van der Waals surface area contributed by atoms with Crippen molar-refractivity contribution >= 4 is 99.5 Å². The number of carbonyl (C=O) groups is 9. The summed E-state index contributed by atoms with van der Waals surface area (Å²) in [6.45, 7) is 29.2. The van der Waals surface area contributed by atoms with Gasteiger partial charge in [0.1, 0.15) is 54.2 Å². The number of carbonyl (C=O) groups excluding carboxylic acids is 9. The van der Waals surface area contributed by atoms with Crippen LogP contribution < -0.4 is 55.7 Å². The van der Waals surface area contributed by atoms with Gasteiger partial charge in [-0.15, -0.1) is 0 Å². The van der Waals surface area contributed by atoms with Crippen molar-refractivity contribution in [2.45, 2.75) is 180 Å².